The summed E-state index contributed by atoms with van der Waals surface area (Å²) in [6, 6.07) is 0. The Labute approximate surface area is 132 Å². The summed E-state index contributed by atoms with van der Waals surface area (Å²) in [6.45, 7) is 2.86. The number of aliphatic hydroxyl groups is 1. The van der Waals surface area contributed by atoms with Gasteiger partial charge in [0, 0.05) is 18.3 Å². The van der Waals surface area contributed by atoms with Gasteiger partial charge in [-0.3, -0.25) is 9.48 Å². The average molecular weight is 383 g/mol. The van der Waals surface area contributed by atoms with Gasteiger partial charge in [-0.2, -0.15) is 28.4 Å². The molecule has 1 N–H and O–H groups in total. The van der Waals surface area contributed by atoms with Gasteiger partial charge in [0.2, 0.25) is 5.91 Å². The van der Waals surface area contributed by atoms with Crippen LogP contribution in [0.3, 0.4) is 0 Å². The Kier molecular flexibility index (Phi) is 4.35. The third-order valence-corrected chi connectivity index (χ3v) is 3.68. The lowest BCUT2D eigenvalue weighted by Gasteiger charge is -2.33. The lowest BCUT2D eigenvalue weighted by Crippen LogP contribution is -2.57. The van der Waals surface area contributed by atoms with E-state index in [2.05, 4.69) is 26.1 Å². The van der Waals surface area contributed by atoms with Gasteiger partial charge in [-0.25, -0.2) is 0 Å². The van der Waals surface area contributed by atoms with E-state index in [4.69, 9.17) is 0 Å². The Bertz CT molecular complexity index is 616. The number of aromatic nitrogens is 2. The van der Waals surface area contributed by atoms with Gasteiger partial charge in [0.05, 0.1) is 23.1 Å². The third-order valence-electron chi connectivity index (χ3n) is 3.27. The van der Waals surface area contributed by atoms with Crippen LogP contribution in [0.15, 0.2) is 22.0 Å². The van der Waals surface area contributed by atoms with Gasteiger partial charge in [0.1, 0.15) is 0 Å². The summed E-state index contributed by atoms with van der Waals surface area (Å²) in [5.74, 6) is -1.75. The van der Waals surface area contributed by atoms with Crippen molar-refractivity contribution >= 4 is 27.5 Å². The molecular formula is C12H14BrF3N4O2. The molecule has 2 unspecified atom stereocenters. The van der Waals surface area contributed by atoms with Gasteiger partial charge in [0.25, 0.3) is 5.72 Å². The van der Waals surface area contributed by atoms with Gasteiger partial charge < -0.3 is 5.11 Å². The molecule has 122 valence electrons. The molecule has 0 saturated heterocycles. The molecule has 22 heavy (non-hydrogen) atoms. The van der Waals surface area contributed by atoms with Crippen molar-refractivity contribution in [3.63, 3.8) is 0 Å². The summed E-state index contributed by atoms with van der Waals surface area (Å²) in [5.41, 5.74) is -3.24. The first-order valence-electron chi connectivity index (χ1n) is 6.40. The molecule has 0 bridgehead atoms. The van der Waals surface area contributed by atoms with Crippen molar-refractivity contribution in [3.05, 3.63) is 16.9 Å². The molecule has 0 aromatic carbocycles. The molecule has 0 radical (unpaired) electrons. The fourth-order valence-electron chi connectivity index (χ4n) is 2.18. The van der Waals surface area contributed by atoms with Crippen LogP contribution in [0.1, 0.15) is 20.3 Å². The number of alkyl halides is 3. The average Bonchev–Trinajstić information content (AvgIpc) is 2.92. The van der Waals surface area contributed by atoms with Gasteiger partial charge >= 0.3 is 6.18 Å². The molecule has 0 saturated carbocycles. The maximum absolute atomic E-state index is 13.1. The third kappa shape index (κ3) is 3.02. The number of carbonyl (C=O) groups excluding carboxylic acids is 1. The highest BCUT2D eigenvalue weighted by Crippen LogP contribution is 2.40. The molecule has 0 fully saturated rings. The van der Waals surface area contributed by atoms with Crippen molar-refractivity contribution in [3.8, 4) is 0 Å². The Hall–Kier alpha value is -1.42. The number of halogens is 4. The van der Waals surface area contributed by atoms with Crippen LogP contribution in [0.5, 0.6) is 0 Å². The fourth-order valence-corrected chi connectivity index (χ4v) is 2.51. The monoisotopic (exact) mass is 382 g/mol. The zero-order valence-electron chi connectivity index (χ0n) is 11.8. The van der Waals surface area contributed by atoms with Crippen molar-refractivity contribution in [1.82, 2.24) is 14.8 Å². The molecule has 1 amide bonds. The van der Waals surface area contributed by atoms with Crippen molar-refractivity contribution in [1.29, 1.82) is 0 Å². The van der Waals surface area contributed by atoms with Crippen LogP contribution < -0.4 is 0 Å². The second-order valence-corrected chi connectivity index (χ2v) is 6.17. The molecular weight excluding hydrogens is 369 g/mol. The molecule has 1 aliphatic rings. The molecule has 2 rings (SSSR count). The van der Waals surface area contributed by atoms with E-state index < -0.39 is 30.1 Å². The van der Waals surface area contributed by atoms with Crippen LogP contribution in [0, 0.1) is 5.92 Å². The predicted octanol–water partition coefficient (Wildman–Crippen LogP) is 2.14. The number of carbonyl (C=O) groups is 1. The summed E-state index contributed by atoms with van der Waals surface area (Å²) in [5, 5.41) is 17.5. The van der Waals surface area contributed by atoms with Crippen LogP contribution in [0.25, 0.3) is 0 Å². The Balaban J connectivity index is 2.19. The molecule has 10 heteroatoms. The lowest BCUT2D eigenvalue weighted by atomic mass is 10.1. The lowest BCUT2D eigenvalue weighted by molar-refractivity contribution is -0.303. The van der Waals surface area contributed by atoms with Gasteiger partial charge in [-0.05, 0) is 22.9 Å². The number of hydrazone groups is 1. The topological polar surface area (TPSA) is 70.7 Å². The summed E-state index contributed by atoms with van der Waals surface area (Å²) >= 11 is 3.19. The first kappa shape index (κ1) is 16.9. The molecule has 2 atom stereocenters. The number of nitrogens with zero attached hydrogens (tertiary/aromatic N) is 4. The highest BCUT2D eigenvalue weighted by molar-refractivity contribution is 9.10. The molecule has 1 aromatic heterocycles. The minimum atomic E-state index is -4.99. The second-order valence-electron chi connectivity index (χ2n) is 5.26. The molecule has 0 aliphatic carbocycles. The summed E-state index contributed by atoms with van der Waals surface area (Å²) in [6.07, 6.45) is -2.64. The predicted molar refractivity (Wildman–Crippen MR) is 74.7 cm³/mol. The first-order valence-corrected chi connectivity index (χ1v) is 7.19. The Morgan fingerprint density at radius 2 is 2.23 bits per heavy atom. The molecule has 1 aliphatic heterocycles. The number of hydrogen-bond donors (Lipinski definition) is 1. The second kappa shape index (κ2) is 5.65. The molecule has 2 heterocycles. The summed E-state index contributed by atoms with van der Waals surface area (Å²) in [7, 11) is 0. The Morgan fingerprint density at radius 3 is 2.73 bits per heavy atom. The van der Waals surface area contributed by atoms with E-state index in [1.54, 1.807) is 6.20 Å². The zero-order chi connectivity index (χ0) is 16.7. The largest absolute Gasteiger partial charge is 0.438 e. The SMILES string of the molecule is CC1=NN(C(=O)C(C)Cn2cc(Br)cn2)C(O)(C(F)(F)F)C1. The van der Waals surface area contributed by atoms with Crippen LogP contribution in [-0.2, 0) is 11.3 Å². The van der Waals surface area contributed by atoms with E-state index in [1.807, 2.05) is 0 Å². The maximum atomic E-state index is 13.1. The standard InChI is InChI=1S/C12H14BrF3N4O2/c1-7(5-19-6-9(13)4-17-19)10(21)20-11(22,12(14,15)16)3-8(2)18-20/h4,6-7,22H,3,5H2,1-2H3. The van der Waals surface area contributed by atoms with Crippen LogP contribution >= 0.6 is 15.9 Å². The highest BCUT2D eigenvalue weighted by atomic mass is 79.9. The van der Waals surface area contributed by atoms with Gasteiger partial charge in [0.15, 0.2) is 0 Å². The van der Waals surface area contributed by atoms with Crippen molar-refractivity contribution in [2.24, 2.45) is 11.0 Å². The van der Waals surface area contributed by atoms with Crippen LogP contribution in [0.4, 0.5) is 13.2 Å². The summed E-state index contributed by atoms with van der Waals surface area (Å²) < 4.78 is 41.4. The van der Waals surface area contributed by atoms with E-state index in [0.717, 1.165) is 0 Å². The fraction of sp³-hybridized carbons (Fsp3) is 0.583. The van der Waals surface area contributed by atoms with Crippen LogP contribution in [0.2, 0.25) is 0 Å². The molecule has 1 aromatic rings. The van der Waals surface area contributed by atoms with E-state index >= 15 is 0 Å². The number of rotatable bonds is 3. The van der Waals surface area contributed by atoms with E-state index in [9.17, 15) is 23.1 Å². The molecule has 6 nitrogen and oxygen atoms in total. The van der Waals surface area contributed by atoms with Crippen LogP contribution in [-0.4, -0.2) is 43.4 Å². The number of hydrogen-bond acceptors (Lipinski definition) is 4. The normalized spacial score (nSPS) is 23.6. The van der Waals surface area contributed by atoms with E-state index in [-0.39, 0.29) is 17.3 Å². The summed E-state index contributed by atoms with van der Waals surface area (Å²) in [4.78, 5) is 12.3. The minimum absolute atomic E-state index is 0.0437. The highest BCUT2D eigenvalue weighted by Gasteiger charge is 2.62. The van der Waals surface area contributed by atoms with E-state index in [1.165, 1.54) is 24.7 Å². The smallest absolute Gasteiger partial charge is 0.362 e. The van der Waals surface area contributed by atoms with Crippen molar-refractivity contribution in [2.75, 3.05) is 0 Å². The zero-order valence-corrected chi connectivity index (χ0v) is 13.4. The number of amides is 1. The minimum Gasteiger partial charge on any atom is -0.362 e. The van der Waals surface area contributed by atoms with Crippen molar-refractivity contribution in [2.45, 2.75) is 38.7 Å². The van der Waals surface area contributed by atoms with Crippen molar-refractivity contribution < 1.29 is 23.1 Å². The maximum Gasteiger partial charge on any atom is 0.438 e. The van der Waals surface area contributed by atoms with Gasteiger partial charge in [-0.15, -0.1) is 0 Å². The Morgan fingerprint density at radius 1 is 1.59 bits per heavy atom. The molecule has 0 spiro atoms. The quantitative estimate of drug-likeness (QED) is 0.870. The van der Waals surface area contributed by atoms with E-state index in [0.29, 0.717) is 4.47 Å². The first-order chi connectivity index (χ1) is 10.0. The van der Waals surface area contributed by atoms with Gasteiger partial charge in [-0.1, -0.05) is 6.92 Å².